The molecule has 0 radical (unpaired) electrons. The number of carbonyl (C=O) groups is 1. The minimum Gasteiger partial charge on any atom is -0.497 e. The van der Waals surface area contributed by atoms with Crippen molar-refractivity contribution in [1.82, 2.24) is 9.62 Å². The van der Waals surface area contributed by atoms with Crippen molar-refractivity contribution in [3.05, 3.63) is 58.1 Å². The summed E-state index contributed by atoms with van der Waals surface area (Å²) in [5.74, 6) is 0.541. The van der Waals surface area contributed by atoms with Gasteiger partial charge in [0.05, 0.1) is 12.0 Å². The normalized spacial score (nSPS) is 15.6. The maximum Gasteiger partial charge on any atom is 0.243 e. The first-order valence-corrected chi connectivity index (χ1v) is 12.1. The minimum absolute atomic E-state index is 0.0290. The number of rotatable bonds is 6. The van der Waals surface area contributed by atoms with Crippen LogP contribution in [-0.4, -0.2) is 38.8 Å². The average molecular weight is 445 g/mol. The lowest BCUT2D eigenvalue weighted by molar-refractivity contribution is -0.126. The fraction of sp³-hybridized carbons (Fsp3) is 0.458. The van der Waals surface area contributed by atoms with Crippen LogP contribution >= 0.6 is 0 Å². The molecule has 1 aliphatic rings. The highest BCUT2D eigenvalue weighted by atomic mass is 32.2. The van der Waals surface area contributed by atoms with Crippen LogP contribution in [0.15, 0.2) is 35.2 Å². The van der Waals surface area contributed by atoms with E-state index in [1.165, 1.54) is 4.31 Å². The Morgan fingerprint density at radius 2 is 1.68 bits per heavy atom. The predicted octanol–water partition coefficient (Wildman–Crippen LogP) is 3.65. The SMILES string of the molecule is COc1cccc(CNC(=O)C2CCN(S(=O)(=O)c3c(C)c(C)cc(C)c3C)CC2)c1. The number of amides is 1. The molecule has 6 nitrogen and oxygen atoms in total. The van der Waals surface area contributed by atoms with Crippen LogP contribution in [0, 0.1) is 33.6 Å². The van der Waals surface area contributed by atoms with E-state index in [1.54, 1.807) is 7.11 Å². The molecule has 2 aromatic carbocycles. The Kier molecular flexibility index (Phi) is 7.06. The van der Waals surface area contributed by atoms with Gasteiger partial charge in [-0.1, -0.05) is 18.2 Å². The van der Waals surface area contributed by atoms with Gasteiger partial charge in [0.25, 0.3) is 0 Å². The third-order valence-electron chi connectivity index (χ3n) is 6.32. The largest absolute Gasteiger partial charge is 0.497 e. The Morgan fingerprint density at radius 3 is 2.26 bits per heavy atom. The number of hydrogen-bond donors (Lipinski definition) is 1. The van der Waals surface area contributed by atoms with Gasteiger partial charge in [-0.3, -0.25) is 4.79 Å². The number of hydrogen-bond acceptors (Lipinski definition) is 4. The van der Waals surface area contributed by atoms with E-state index in [9.17, 15) is 13.2 Å². The highest BCUT2D eigenvalue weighted by Gasteiger charge is 2.34. The number of carbonyl (C=O) groups excluding carboxylic acids is 1. The van der Waals surface area contributed by atoms with Crippen LogP contribution in [0.5, 0.6) is 5.75 Å². The molecule has 7 heteroatoms. The Morgan fingerprint density at radius 1 is 1.06 bits per heavy atom. The van der Waals surface area contributed by atoms with Gasteiger partial charge in [0.2, 0.25) is 15.9 Å². The zero-order valence-corrected chi connectivity index (χ0v) is 19.8. The maximum absolute atomic E-state index is 13.4. The van der Waals surface area contributed by atoms with Crippen LogP contribution in [0.2, 0.25) is 0 Å². The fourth-order valence-electron chi connectivity index (χ4n) is 4.17. The topological polar surface area (TPSA) is 75.7 Å². The lowest BCUT2D eigenvalue weighted by Crippen LogP contribution is -2.43. The number of ether oxygens (including phenoxy) is 1. The molecule has 0 saturated carbocycles. The molecule has 2 aromatic rings. The second-order valence-electron chi connectivity index (χ2n) is 8.34. The Balaban J connectivity index is 1.64. The van der Waals surface area contributed by atoms with Crippen molar-refractivity contribution in [3.8, 4) is 5.75 Å². The molecule has 31 heavy (non-hydrogen) atoms. The molecule has 1 heterocycles. The van der Waals surface area contributed by atoms with Crippen molar-refractivity contribution in [3.63, 3.8) is 0 Å². The standard InChI is InChI=1S/C24H32N2O4S/c1-16-13-17(2)19(4)23(18(16)3)31(28,29)26-11-9-21(10-12-26)24(27)25-15-20-7-6-8-22(14-20)30-5/h6-8,13-14,21H,9-12,15H2,1-5H3,(H,25,27). The molecule has 0 aliphatic carbocycles. The molecule has 0 bridgehead atoms. The molecule has 0 aromatic heterocycles. The summed E-state index contributed by atoms with van der Waals surface area (Å²) >= 11 is 0. The summed E-state index contributed by atoms with van der Waals surface area (Å²) in [6.07, 6.45) is 1.04. The summed E-state index contributed by atoms with van der Waals surface area (Å²) in [6, 6.07) is 9.61. The molecule has 1 amide bonds. The second-order valence-corrected chi connectivity index (χ2v) is 10.2. The highest BCUT2D eigenvalue weighted by Crippen LogP contribution is 2.31. The first kappa shape index (κ1) is 23.3. The molecule has 1 N–H and O–H groups in total. The number of piperidine rings is 1. The zero-order valence-electron chi connectivity index (χ0n) is 19.0. The fourth-order valence-corrected chi connectivity index (χ4v) is 6.22. The molecule has 168 valence electrons. The van der Waals surface area contributed by atoms with Crippen molar-refractivity contribution in [2.24, 2.45) is 5.92 Å². The molecule has 0 atom stereocenters. The Labute approximate surface area is 185 Å². The summed E-state index contributed by atoms with van der Waals surface area (Å²) in [4.78, 5) is 13.1. The Hall–Kier alpha value is -2.38. The van der Waals surface area contributed by atoms with Gasteiger partial charge in [0.15, 0.2) is 0 Å². The summed E-state index contributed by atoms with van der Waals surface area (Å²) < 4.78 is 33.5. The van der Waals surface area contributed by atoms with Gasteiger partial charge >= 0.3 is 0 Å². The summed E-state index contributed by atoms with van der Waals surface area (Å²) in [7, 11) is -1.98. The van der Waals surface area contributed by atoms with Gasteiger partial charge in [0, 0.05) is 25.6 Å². The number of sulfonamides is 1. The van der Waals surface area contributed by atoms with Gasteiger partial charge in [-0.25, -0.2) is 8.42 Å². The molecule has 1 aliphatic heterocycles. The van der Waals surface area contributed by atoms with Crippen molar-refractivity contribution in [2.75, 3.05) is 20.2 Å². The number of nitrogens with one attached hydrogen (secondary N) is 1. The van der Waals surface area contributed by atoms with E-state index in [4.69, 9.17) is 4.74 Å². The van der Waals surface area contributed by atoms with E-state index in [-0.39, 0.29) is 11.8 Å². The summed E-state index contributed by atoms with van der Waals surface area (Å²) in [5, 5.41) is 2.98. The zero-order chi connectivity index (χ0) is 22.8. The van der Waals surface area contributed by atoms with E-state index in [1.807, 2.05) is 58.0 Å². The van der Waals surface area contributed by atoms with Crippen LogP contribution in [0.4, 0.5) is 0 Å². The maximum atomic E-state index is 13.4. The summed E-state index contributed by atoms with van der Waals surface area (Å²) in [6.45, 7) is 8.76. The summed E-state index contributed by atoms with van der Waals surface area (Å²) in [5.41, 5.74) is 4.54. The number of nitrogens with zero attached hydrogens (tertiary/aromatic N) is 1. The molecule has 1 saturated heterocycles. The lowest BCUT2D eigenvalue weighted by atomic mass is 9.97. The molecular formula is C24H32N2O4S. The number of aryl methyl sites for hydroxylation is 2. The second kappa shape index (κ2) is 9.40. The van der Waals surface area contributed by atoms with E-state index in [0.717, 1.165) is 33.6 Å². The third kappa shape index (κ3) is 4.93. The van der Waals surface area contributed by atoms with Crippen molar-refractivity contribution < 1.29 is 17.9 Å². The van der Waals surface area contributed by atoms with Crippen molar-refractivity contribution in [2.45, 2.75) is 52.0 Å². The van der Waals surface area contributed by atoms with Crippen LogP contribution in [-0.2, 0) is 21.4 Å². The van der Waals surface area contributed by atoms with E-state index in [2.05, 4.69) is 5.32 Å². The van der Waals surface area contributed by atoms with Crippen LogP contribution in [0.1, 0.15) is 40.7 Å². The van der Waals surface area contributed by atoms with Gasteiger partial charge in [-0.05, 0) is 80.5 Å². The highest BCUT2D eigenvalue weighted by molar-refractivity contribution is 7.89. The predicted molar refractivity (Wildman–Crippen MR) is 122 cm³/mol. The number of benzene rings is 2. The van der Waals surface area contributed by atoms with Gasteiger partial charge in [0.1, 0.15) is 5.75 Å². The quantitative estimate of drug-likeness (QED) is 0.738. The van der Waals surface area contributed by atoms with Crippen LogP contribution < -0.4 is 10.1 Å². The molecular weight excluding hydrogens is 412 g/mol. The monoisotopic (exact) mass is 444 g/mol. The minimum atomic E-state index is -3.59. The molecule has 3 rings (SSSR count). The van der Waals surface area contributed by atoms with E-state index < -0.39 is 10.0 Å². The first-order chi connectivity index (χ1) is 14.6. The van der Waals surface area contributed by atoms with Crippen molar-refractivity contribution in [1.29, 1.82) is 0 Å². The smallest absolute Gasteiger partial charge is 0.243 e. The number of methoxy groups -OCH3 is 1. The lowest BCUT2D eigenvalue weighted by Gasteiger charge is -2.31. The van der Waals surface area contributed by atoms with Crippen LogP contribution in [0.3, 0.4) is 0 Å². The first-order valence-electron chi connectivity index (χ1n) is 10.6. The average Bonchev–Trinajstić information content (AvgIpc) is 2.76. The Bertz CT molecular complexity index is 1040. The van der Waals surface area contributed by atoms with Crippen molar-refractivity contribution >= 4 is 15.9 Å². The van der Waals surface area contributed by atoms with Gasteiger partial charge in [-0.2, -0.15) is 4.31 Å². The van der Waals surface area contributed by atoms with Gasteiger partial charge in [-0.15, -0.1) is 0 Å². The van der Waals surface area contributed by atoms with E-state index >= 15 is 0 Å². The van der Waals surface area contributed by atoms with Gasteiger partial charge < -0.3 is 10.1 Å². The molecule has 0 spiro atoms. The van der Waals surface area contributed by atoms with E-state index in [0.29, 0.717) is 37.4 Å². The third-order valence-corrected chi connectivity index (χ3v) is 8.49. The molecule has 1 fully saturated rings. The molecule has 0 unspecified atom stereocenters. The van der Waals surface area contributed by atoms with Crippen LogP contribution in [0.25, 0.3) is 0 Å².